The van der Waals surface area contributed by atoms with E-state index in [1.807, 2.05) is 30.5 Å². The van der Waals surface area contributed by atoms with E-state index in [9.17, 15) is 9.59 Å². The first-order valence-electron chi connectivity index (χ1n) is 8.54. The number of rotatable bonds is 5. The minimum absolute atomic E-state index is 0.0603. The highest BCUT2D eigenvalue weighted by Crippen LogP contribution is 2.24. The number of amides is 2. The zero-order valence-corrected chi connectivity index (χ0v) is 14.6. The van der Waals surface area contributed by atoms with Crippen LogP contribution in [0.1, 0.15) is 25.7 Å². The standard InChI is InChI=1S/C18H22ClN3O3/c19-14-3-6-16-13(11-14)7-9-22(16)10-8-20-18(25)21-15-4-1-12(2-5-15)17(23)24/h3,6-7,9,11-12,15H,1-2,4-5,8,10H2,(H,23,24)(H2,20,21,25). The number of benzene rings is 1. The lowest BCUT2D eigenvalue weighted by molar-refractivity contribution is -0.142. The van der Waals surface area contributed by atoms with Crippen LogP contribution in [0, 0.1) is 5.92 Å². The quantitative estimate of drug-likeness (QED) is 0.762. The molecule has 0 saturated heterocycles. The van der Waals surface area contributed by atoms with Gasteiger partial charge in [-0.1, -0.05) is 11.6 Å². The monoisotopic (exact) mass is 363 g/mol. The summed E-state index contributed by atoms with van der Waals surface area (Å²) in [5.74, 6) is -1.00. The number of aliphatic carboxylic acids is 1. The van der Waals surface area contributed by atoms with Crippen LogP contribution >= 0.6 is 11.6 Å². The van der Waals surface area contributed by atoms with Gasteiger partial charge in [0.2, 0.25) is 0 Å². The average molecular weight is 364 g/mol. The Morgan fingerprint density at radius 1 is 1.20 bits per heavy atom. The van der Waals surface area contributed by atoms with Gasteiger partial charge in [0.25, 0.3) is 0 Å². The van der Waals surface area contributed by atoms with Crippen molar-refractivity contribution in [2.45, 2.75) is 38.3 Å². The molecule has 1 fully saturated rings. The predicted molar refractivity (Wildman–Crippen MR) is 96.9 cm³/mol. The van der Waals surface area contributed by atoms with Gasteiger partial charge in [-0.15, -0.1) is 0 Å². The molecule has 0 spiro atoms. The van der Waals surface area contributed by atoms with E-state index in [0.717, 1.165) is 10.9 Å². The molecule has 134 valence electrons. The first kappa shape index (κ1) is 17.6. The highest BCUT2D eigenvalue weighted by Gasteiger charge is 2.26. The largest absolute Gasteiger partial charge is 0.481 e. The molecule has 1 heterocycles. The smallest absolute Gasteiger partial charge is 0.315 e. The van der Waals surface area contributed by atoms with E-state index in [4.69, 9.17) is 16.7 Å². The molecule has 0 aliphatic heterocycles. The van der Waals surface area contributed by atoms with Gasteiger partial charge in [-0.2, -0.15) is 0 Å². The van der Waals surface area contributed by atoms with Crippen LogP contribution in [0.2, 0.25) is 5.02 Å². The molecular weight excluding hydrogens is 342 g/mol. The van der Waals surface area contributed by atoms with Gasteiger partial charge in [0, 0.05) is 41.3 Å². The van der Waals surface area contributed by atoms with Crippen molar-refractivity contribution in [3.63, 3.8) is 0 Å². The van der Waals surface area contributed by atoms with Crippen LogP contribution in [0.3, 0.4) is 0 Å². The molecule has 6 nitrogen and oxygen atoms in total. The summed E-state index contributed by atoms with van der Waals surface area (Å²) in [6.07, 6.45) is 4.66. The third-order valence-electron chi connectivity index (χ3n) is 4.78. The van der Waals surface area contributed by atoms with E-state index >= 15 is 0 Å². The number of nitrogens with one attached hydrogen (secondary N) is 2. The molecular formula is C18H22ClN3O3. The van der Waals surface area contributed by atoms with Crippen LogP contribution < -0.4 is 10.6 Å². The zero-order chi connectivity index (χ0) is 17.8. The van der Waals surface area contributed by atoms with Gasteiger partial charge in [0.15, 0.2) is 0 Å². The molecule has 0 bridgehead atoms. The SMILES string of the molecule is O=C(NCCn1ccc2cc(Cl)ccc21)NC1CCC(C(=O)O)CC1. The number of hydrogen-bond donors (Lipinski definition) is 3. The third kappa shape index (κ3) is 4.45. The zero-order valence-electron chi connectivity index (χ0n) is 13.9. The van der Waals surface area contributed by atoms with Gasteiger partial charge < -0.3 is 20.3 Å². The molecule has 1 aromatic heterocycles. The van der Waals surface area contributed by atoms with Crippen LogP contribution in [0.15, 0.2) is 30.5 Å². The van der Waals surface area contributed by atoms with Crippen molar-refractivity contribution in [1.82, 2.24) is 15.2 Å². The maximum Gasteiger partial charge on any atom is 0.315 e. The van der Waals surface area contributed by atoms with Crippen molar-refractivity contribution < 1.29 is 14.7 Å². The summed E-state index contributed by atoms with van der Waals surface area (Å²) in [5.41, 5.74) is 1.08. The van der Waals surface area contributed by atoms with Gasteiger partial charge in [0.05, 0.1) is 5.92 Å². The summed E-state index contributed by atoms with van der Waals surface area (Å²) in [5, 5.41) is 16.6. The fraction of sp³-hybridized carbons (Fsp3) is 0.444. The summed E-state index contributed by atoms with van der Waals surface area (Å²) in [6, 6.07) is 7.61. The summed E-state index contributed by atoms with van der Waals surface area (Å²) < 4.78 is 2.07. The van der Waals surface area contributed by atoms with Crippen molar-refractivity contribution in [1.29, 1.82) is 0 Å². The molecule has 3 rings (SSSR count). The number of aromatic nitrogens is 1. The van der Waals surface area contributed by atoms with Crippen molar-refractivity contribution in [2.24, 2.45) is 5.92 Å². The minimum atomic E-state index is -0.733. The Balaban J connectivity index is 1.43. The van der Waals surface area contributed by atoms with Crippen LogP contribution in [-0.4, -0.2) is 34.3 Å². The highest BCUT2D eigenvalue weighted by atomic mass is 35.5. The van der Waals surface area contributed by atoms with Crippen molar-refractivity contribution >= 4 is 34.5 Å². The number of carbonyl (C=O) groups is 2. The number of carbonyl (C=O) groups excluding carboxylic acids is 1. The first-order valence-corrected chi connectivity index (χ1v) is 8.92. The third-order valence-corrected chi connectivity index (χ3v) is 5.02. The highest BCUT2D eigenvalue weighted by molar-refractivity contribution is 6.31. The Morgan fingerprint density at radius 2 is 1.96 bits per heavy atom. The summed E-state index contributed by atoms with van der Waals surface area (Å²) in [6.45, 7) is 1.19. The number of hydrogen-bond acceptors (Lipinski definition) is 2. The maximum atomic E-state index is 12.0. The second-order valence-corrected chi connectivity index (χ2v) is 6.94. The van der Waals surface area contributed by atoms with E-state index < -0.39 is 5.97 Å². The molecule has 1 aliphatic carbocycles. The molecule has 1 saturated carbocycles. The van der Waals surface area contributed by atoms with Crippen LogP contribution in [-0.2, 0) is 11.3 Å². The Hall–Kier alpha value is -2.21. The lowest BCUT2D eigenvalue weighted by Crippen LogP contribution is -2.44. The number of carboxylic acid groups (broad SMARTS) is 1. The van der Waals surface area contributed by atoms with Crippen molar-refractivity contribution in [3.8, 4) is 0 Å². The minimum Gasteiger partial charge on any atom is -0.481 e. The molecule has 0 atom stereocenters. The molecule has 3 N–H and O–H groups in total. The van der Waals surface area contributed by atoms with E-state index in [1.54, 1.807) is 0 Å². The molecule has 7 heteroatoms. The average Bonchev–Trinajstić information content (AvgIpc) is 2.97. The van der Waals surface area contributed by atoms with Gasteiger partial charge >= 0.3 is 12.0 Å². The van der Waals surface area contributed by atoms with Crippen LogP contribution in [0.4, 0.5) is 4.79 Å². The van der Waals surface area contributed by atoms with Gasteiger partial charge in [0.1, 0.15) is 0 Å². The molecule has 1 aliphatic rings. The van der Waals surface area contributed by atoms with Crippen molar-refractivity contribution in [3.05, 3.63) is 35.5 Å². The summed E-state index contributed by atoms with van der Waals surface area (Å²) >= 11 is 5.99. The normalized spacial score (nSPS) is 20.4. The number of fused-ring (bicyclic) bond motifs is 1. The second-order valence-electron chi connectivity index (χ2n) is 6.50. The number of nitrogens with zero attached hydrogens (tertiary/aromatic N) is 1. The topological polar surface area (TPSA) is 83.4 Å². The van der Waals surface area contributed by atoms with Gasteiger partial charge in [-0.05, 0) is 49.9 Å². The second kappa shape index (κ2) is 7.78. The van der Waals surface area contributed by atoms with E-state index in [-0.39, 0.29) is 18.0 Å². The summed E-state index contributed by atoms with van der Waals surface area (Å²) in [7, 11) is 0. The lowest BCUT2D eigenvalue weighted by atomic mass is 9.86. The van der Waals surface area contributed by atoms with Crippen LogP contribution in [0.5, 0.6) is 0 Å². The van der Waals surface area contributed by atoms with Gasteiger partial charge in [-0.25, -0.2) is 4.79 Å². The number of carboxylic acids is 1. The first-order chi connectivity index (χ1) is 12.0. The predicted octanol–water partition coefficient (Wildman–Crippen LogP) is 3.24. The maximum absolute atomic E-state index is 12.0. The lowest BCUT2D eigenvalue weighted by Gasteiger charge is -2.26. The van der Waals surface area contributed by atoms with E-state index in [1.165, 1.54) is 0 Å². The Kier molecular flexibility index (Phi) is 5.48. The molecule has 0 unspecified atom stereocenters. The molecule has 1 aromatic carbocycles. The fourth-order valence-electron chi connectivity index (χ4n) is 3.38. The molecule has 25 heavy (non-hydrogen) atoms. The Morgan fingerprint density at radius 3 is 2.68 bits per heavy atom. The molecule has 0 radical (unpaired) electrons. The Labute approximate surface area is 151 Å². The van der Waals surface area contributed by atoms with E-state index in [2.05, 4.69) is 15.2 Å². The summed E-state index contributed by atoms with van der Waals surface area (Å²) in [4.78, 5) is 22.9. The molecule has 2 amide bonds. The fourth-order valence-corrected chi connectivity index (χ4v) is 3.56. The van der Waals surface area contributed by atoms with Gasteiger partial charge in [-0.3, -0.25) is 4.79 Å². The number of halogens is 1. The van der Waals surface area contributed by atoms with E-state index in [0.29, 0.717) is 43.8 Å². The molecule has 2 aromatic rings. The Bertz CT molecular complexity index is 766. The number of urea groups is 1. The van der Waals surface area contributed by atoms with Crippen molar-refractivity contribution in [2.75, 3.05) is 6.54 Å². The van der Waals surface area contributed by atoms with Crippen LogP contribution in [0.25, 0.3) is 10.9 Å².